The summed E-state index contributed by atoms with van der Waals surface area (Å²) in [6.07, 6.45) is 2.15. The molecule has 10 heteroatoms. The lowest BCUT2D eigenvalue weighted by Crippen LogP contribution is -2.38. The number of H-pyrrole nitrogens is 1. The zero-order valence-electron chi connectivity index (χ0n) is 17.3. The number of para-hydroxylation sites is 1. The Hall–Kier alpha value is -3.82. The Morgan fingerprint density at radius 3 is 2.61 bits per heavy atom. The van der Waals surface area contributed by atoms with Crippen LogP contribution in [0.1, 0.15) is 36.6 Å². The quantitative estimate of drug-likeness (QED) is 0.414. The Labute approximate surface area is 185 Å². The van der Waals surface area contributed by atoms with Gasteiger partial charge in [0.25, 0.3) is 5.91 Å². The molecule has 2 aromatic carbocycles. The van der Waals surface area contributed by atoms with Crippen molar-refractivity contribution in [1.82, 2.24) is 15.6 Å². The number of anilines is 1. The maximum atomic E-state index is 13.6. The predicted octanol–water partition coefficient (Wildman–Crippen LogP) is 3.59. The lowest BCUT2D eigenvalue weighted by molar-refractivity contribution is -0.126. The molecule has 1 aliphatic heterocycles. The van der Waals surface area contributed by atoms with Crippen LogP contribution in [-0.4, -0.2) is 28.9 Å². The van der Waals surface area contributed by atoms with Gasteiger partial charge >= 0.3 is 6.03 Å². The van der Waals surface area contributed by atoms with Gasteiger partial charge in [0, 0.05) is 28.7 Å². The molecule has 1 aromatic heterocycles. The van der Waals surface area contributed by atoms with Gasteiger partial charge in [-0.3, -0.25) is 9.59 Å². The molecule has 2 heterocycles. The average Bonchev–Trinajstić information content (AvgIpc) is 3.29. The van der Waals surface area contributed by atoms with Crippen molar-refractivity contribution >= 4 is 34.4 Å². The predicted molar refractivity (Wildman–Crippen MR) is 113 cm³/mol. The van der Waals surface area contributed by atoms with Crippen molar-refractivity contribution in [2.45, 2.75) is 37.8 Å². The van der Waals surface area contributed by atoms with Crippen LogP contribution in [0.3, 0.4) is 0 Å². The Balaban J connectivity index is 1.30. The van der Waals surface area contributed by atoms with E-state index in [1.807, 2.05) is 24.3 Å². The summed E-state index contributed by atoms with van der Waals surface area (Å²) in [6.45, 7) is 0. The van der Waals surface area contributed by atoms with Crippen molar-refractivity contribution in [3.63, 3.8) is 0 Å². The minimum absolute atomic E-state index is 0.266. The fourth-order valence-electron chi connectivity index (χ4n) is 4.58. The van der Waals surface area contributed by atoms with Crippen LogP contribution in [0.5, 0.6) is 0 Å². The smallest absolute Gasteiger partial charge is 0.329 e. The molecule has 3 aromatic rings. The monoisotopic (exact) mass is 456 g/mol. The van der Waals surface area contributed by atoms with E-state index >= 15 is 0 Å². The second kappa shape index (κ2) is 7.95. The van der Waals surface area contributed by atoms with Gasteiger partial charge in [-0.2, -0.15) is 0 Å². The molecule has 5 rings (SSSR count). The summed E-state index contributed by atoms with van der Waals surface area (Å²) in [7, 11) is 0. The van der Waals surface area contributed by atoms with Gasteiger partial charge in [-0.25, -0.2) is 22.9 Å². The number of urea groups is 1. The summed E-state index contributed by atoms with van der Waals surface area (Å²) in [6, 6.07) is 6.56. The molecular formula is C23H19F3N4O3. The van der Waals surface area contributed by atoms with Crippen LogP contribution in [0.2, 0.25) is 0 Å². The van der Waals surface area contributed by atoms with Crippen molar-refractivity contribution in [3.8, 4) is 0 Å². The third kappa shape index (κ3) is 3.61. The molecule has 1 fully saturated rings. The zero-order chi connectivity index (χ0) is 23.3. The van der Waals surface area contributed by atoms with E-state index in [1.54, 1.807) is 0 Å². The number of imide groups is 1. The molecule has 3 N–H and O–H groups in total. The van der Waals surface area contributed by atoms with Gasteiger partial charge in [-0.05, 0) is 30.9 Å². The third-order valence-electron chi connectivity index (χ3n) is 6.09. The van der Waals surface area contributed by atoms with Crippen LogP contribution in [0.4, 0.5) is 23.7 Å². The van der Waals surface area contributed by atoms with E-state index < -0.39 is 47.0 Å². The normalized spacial score (nSPS) is 20.2. The number of nitrogens with zero attached hydrogens (tertiary/aromatic N) is 1. The van der Waals surface area contributed by atoms with Crippen LogP contribution >= 0.6 is 0 Å². The number of hydrogen-bond acceptors (Lipinski definition) is 3. The average molecular weight is 456 g/mol. The summed E-state index contributed by atoms with van der Waals surface area (Å²) in [5.41, 5.74) is 2.61. The third-order valence-corrected chi connectivity index (χ3v) is 6.09. The highest BCUT2D eigenvalue weighted by Gasteiger charge is 2.41. The van der Waals surface area contributed by atoms with Gasteiger partial charge in [-0.15, -0.1) is 0 Å². The molecule has 33 heavy (non-hydrogen) atoms. The van der Waals surface area contributed by atoms with E-state index in [-0.39, 0.29) is 12.5 Å². The number of hydrogen-bond donors (Lipinski definition) is 3. The van der Waals surface area contributed by atoms with Gasteiger partial charge in [0.15, 0.2) is 17.5 Å². The second-order valence-electron chi connectivity index (χ2n) is 8.18. The number of amides is 4. The number of rotatable bonds is 4. The fourth-order valence-corrected chi connectivity index (χ4v) is 4.58. The van der Waals surface area contributed by atoms with Gasteiger partial charge in [0.2, 0.25) is 5.91 Å². The van der Waals surface area contributed by atoms with Crippen LogP contribution in [0.15, 0.2) is 36.4 Å². The first-order chi connectivity index (χ1) is 15.8. The molecule has 2 unspecified atom stereocenters. The Morgan fingerprint density at radius 1 is 1.12 bits per heavy atom. The van der Waals surface area contributed by atoms with E-state index in [1.165, 1.54) is 0 Å². The van der Waals surface area contributed by atoms with Crippen molar-refractivity contribution in [1.29, 1.82) is 0 Å². The van der Waals surface area contributed by atoms with Crippen molar-refractivity contribution in [3.05, 3.63) is 65.1 Å². The summed E-state index contributed by atoms with van der Waals surface area (Å²) >= 11 is 0. The van der Waals surface area contributed by atoms with Gasteiger partial charge < -0.3 is 15.6 Å². The minimum Gasteiger partial charge on any atom is -0.356 e. The molecule has 1 aliphatic carbocycles. The van der Waals surface area contributed by atoms with Crippen LogP contribution < -0.4 is 15.5 Å². The first-order valence-electron chi connectivity index (χ1n) is 10.5. The molecule has 170 valence electrons. The summed E-state index contributed by atoms with van der Waals surface area (Å²) in [4.78, 5) is 41.5. The number of aryl methyl sites for hydroxylation is 1. The second-order valence-corrected chi connectivity index (χ2v) is 8.18. The number of halogens is 3. The Morgan fingerprint density at radius 2 is 1.85 bits per heavy atom. The molecule has 2 atom stereocenters. The SMILES string of the molecule is O=C(CC1NC(=O)N(c2cc(F)c(F)c(F)c2)C1=O)NC1CCCc2c1[nH]c1ccccc21. The summed E-state index contributed by atoms with van der Waals surface area (Å²) in [5.74, 6) is -6.07. The maximum Gasteiger partial charge on any atom is 0.329 e. The highest BCUT2D eigenvalue weighted by atomic mass is 19.2. The van der Waals surface area contributed by atoms with Crippen molar-refractivity contribution < 1.29 is 27.6 Å². The number of benzene rings is 2. The molecule has 0 radical (unpaired) electrons. The number of fused-ring (bicyclic) bond motifs is 3. The molecule has 0 bridgehead atoms. The first kappa shape index (κ1) is 21.0. The minimum atomic E-state index is -1.70. The van der Waals surface area contributed by atoms with Crippen molar-refractivity contribution in [2.75, 3.05) is 4.90 Å². The van der Waals surface area contributed by atoms with Gasteiger partial charge in [-0.1, -0.05) is 18.2 Å². The van der Waals surface area contributed by atoms with Crippen LogP contribution in [-0.2, 0) is 16.0 Å². The van der Waals surface area contributed by atoms with E-state index in [0.29, 0.717) is 17.0 Å². The number of carbonyl (C=O) groups excluding carboxylic acids is 3. The fraction of sp³-hybridized carbons (Fsp3) is 0.261. The van der Waals surface area contributed by atoms with E-state index in [2.05, 4.69) is 15.6 Å². The van der Waals surface area contributed by atoms with E-state index in [0.717, 1.165) is 41.4 Å². The number of nitrogens with one attached hydrogen (secondary N) is 3. The van der Waals surface area contributed by atoms with E-state index in [4.69, 9.17) is 0 Å². The summed E-state index contributed by atoms with van der Waals surface area (Å²) in [5, 5.41) is 6.37. The molecular weight excluding hydrogens is 437 g/mol. The standard InChI is InChI=1S/C23H19F3N4O3/c24-14-8-11(9-15(25)20(14)26)30-22(32)18(29-23(30)33)10-19(31)27-17-7-3-5-13-12-4-1-2-6-16(12)28-21(13)17/h1-2,4,6,8-9,17-18,28H,3,5,7,10H2,(H,27,31)(H,29,33). The highest BCUT2D eigenvalue weighted by Crippen LogP contribution is 2.34. The Kier molecular flexibility index (Phi) is 5.07. The Bertz CT molecular complexity index is 1280. The topological polar surface area (TPSA) is 94.3 Å². The molecule has 0 spiro atoms. The highest BCUT2D eigenvalue weighted by molar-refractivity contribution is 6.22. The number of carbonyl (C=O) groups is 3. The lowest BCUT2D eigenvalue weighted by atomic mass is 9.91. The number of aromatic nitrogens is 1. The number of aromatic amines is 1. The lowest BCUT2D eigenvalue weighted by Gasteiger charge is -2.24. The van der Waals surface area contributed by atoms with Crippen molar-refractivity contribution in [2.24, 2.45) is 0 Å². The molecule has 7 nitrogen and oxygen atoms in total. The molecule has 1 saturated heterocycles. The molecule has 4 amide bonds. The largest absolute Gasteiger partial charge is 0.356 e. The van der Waals surface area contributed by atoms with Crippen LogP contribution in [0.25, 0.3) is 10.9 Å². The van der Waals surface area contributed by atoms with Gasteiger partial charge in [0.1, 0.15) is 6.04 Å². The zero-order valence-corrected chi connectivity index (χ0v) is 17.3. The summed E-state index contributed by atoms with van der Waals surface area (Å²) < 4.78 is 40.4. The first-order valence-corrected chi connectivity index (χ1v) is 10.5. The molecule has 0 saturated carbocycles. The maximum absolute atomic E-state index is 13.6. The molecule has 2 aliphatic rings. The van der Waals surface area contributed by atoms with E-state index in [9.17, 15) is 27.6 Å². The van der Waals surface area contributed by atoms with Crippen LogP contribution in [0, 0.1) is 17.5 Å². The van der Waals surface area contributed by atoms with Gasteiger partial charge in [0.05, 0.1) is 18.2 Å².